The lowest BCUT2D eigenvalue weighted by molar-refractivity contribution is 0.782. The Kier molecular flexibility index (Phi) is 3.62. The number of rotatable bonds is 5. The molecule has 0 atom stereocenters. The van der Waals surface area contributed by atoms with Crippen molar-refractivity contribution >= 4 is 23.4 Å². The first-order valence-electron chi connectivity index (χ1n) is 6.22. The molecule has 1 heterocycles. The van der Waals surface area contributed by atoms with Gasteiger partial charge in [0.05, 0.1) is 5.69 Å². The number of nitrogens with zero attached hydrogens (tertiary/aromatic N) is 3. The molecule has 1 saturated carbocycles. The summed E-state index contributed by atoms with van der Waals surface area (Å²) in [7, 11) is 0. The molecule has 0 saturated heterocycles. The maximum atomic E-state index is 5.79. The molecule has 1 aliphatic carbocycles. The minimum Gasteiger partial charge on any atom is -0.216 e. The highest BCUT2D eigenvalue weighted by Crippen LogP contribution is 2.40. The molecule has 2 aromatic rings. The lowest BCUT2D eigenvalue weighted by atomic mass is 10.3. The van der Waals surface area contributed by atoms with E-state index in [1.54, 1.807) is 0 Å². The Balaban J connectivity index is 1.91. The standard InChI is InChI=1S/C14H14ClN3S/c1-10(15)9-19-14-16-13(11-7-8-11)18(17-14)12-5-3-2-4-6-12/h2-6,11H,1,7-9H2. The van der Waals surface area contributed by atoms with E-state index in [-0.39, 0.29) is 0 Å². The summed E-state index contributed by atoms with van der Waals surface area (Å²) in [4.78, 5) is 4.64. The summed E-state index contributed by atoms with van der Waals surface area (Å²) < 4.78 is 1.96. The molecule has 1 fully saturated rings. The molecular formula is C14H14ClN3S. The molecule has 1 aromatic heterocycles. The van der Waals surface area contributed by atoms with Crippen LogP contribution in [-0.2, 0) is 0 Å². The highest BCUT2D eigenvalue weighted by molar-refractivity contribution is 7.99. The van der Waals surface area contributed by atoms with Crippen LogP contribution in [0.1, 0.15) is 24.6 Å². The SMILES string of the molecule is C=C(Cl)CSc1nc(C2CC2)n(-c2ccccc2)n1. The summed E-state index contributed by atoms with van der Waals surface area (Å²) in [6, 6.07) is 10.1. The number of aromatic nitrogens is 3. The molecule has 98 valence electrons. The average Bonchev–Trinajstić information content (AvgIpc) is 3.17. The van der Waals surface area contributed by atoms with Crippen LogP contribution >= 0.6 is 23.4 Å². The first kappa shape index (κ1) is 12.8. The second-order valence-electron chi connectivity index (χ2n) is 4.58. The Hall–Kier alpha value is -1.26. The summed E-state index contributed by atoms with van der Waals surface area (Å²) in [5.74, 6) is 2.26. The lowest BCUT2D eigenvalue weighted by Crippen LogP contribution is -2.01. The molecule has 5 heteroatoms. The van der Waals surface area contributed by atoms with Crippen molar-refractivity contribution in [3.05, 3.63) is 47.8 Å². The van der Waals surface area contributed by atoms with Crippen molar-refractivity contribution in [3.8, 4) is 5.69 Å². The van der Waals surface area contributed by atoms with E-state index in [0.717, 1.165) is 16.7 Å². The van der Waals surface area contributed by atoms with Gasteiger partial charge in [-0.25, -0.2) is 9.67 Å². The third kappa shape index (κ3) is 3.01. The van der Waals surface area contributed by atoms with Crippen LogP contribution in [0, 0.1) is 0 Å². The molecule has 3 rings (SSSR count). The van der Waals surface area contributed by atoms with Crippen molar-refractivity contribution in [3.63, 3.8) is 0 Å². The second kappa shape index (κ2) is 5.39. The number of hydrogen-bond acceptors (Lipinski definition) is 3. The van der Waals surface area contributed by atoms with Crippen molar-refractivity contribution in [1.29, 1.82) is 0 Å². The van der Waals surface area contributed by atoms with Crippen molar-refractivity contribution in [2.75, 3.05) is 5.75 Å². The summed E-state index contributed by atoms with van der Waals surface area (Å²) in [6.07, 6.45) is 2.41. The topological polar surface area (TPSA) is 30.7 Å². The maximum absolute atomic E-state index is 5.79. The van der Waals surface area contributed by atoms with Gasteiger partial charge in [0.25, 0.3) is 0 Å². The van der Waals surface area contributed by atoms with Gasteiger partial charge in [-0.1, -0.05) is 48.1 Å². The van der Waals surface area contributed by atoms with Crippen LogP contribution in [0.15, 0.2) is 47.1 Å². The fourth-order valence-corrected chi connectivity index (χ4v) is 2.62. The fourth-order valence-electron chi connectivity index (χ4n) is 1.87. The van der Waals surface area contributed by atoms with Gasteiger partial charge < -0.3 is 0 Å². The van der Waals surface area contributed by atoms with Crippen LogP contribution in [0.3, 0.4) is 0 Å². The number of thioether (sulfide) groups is 1. The lowest BCUT2D eigenvalue weighted by Gasteiger charge is -2.03. The van der Waals surface area contributed by atoms with E-state index in [9.17, 15) is 0 Å². The highest BCUT2D eigenvalue weighted by Gasteiger charge is 2.30. The summed E-state index contributed by atoms with van der Waals surface area (Å²) in [5.41, 5.74) is 1.06. The molecule has 0 aliphatic heterocycles. The van der Waals surface area contributed by atoms with Crippen LogP contribution in [-0.4, -0.2) is 20.5 Å². The van der Waals surface area contributed by atoms with Crippen molar-refractivity contribution < 1.29 is 0 Å². The Morgan fingerprint density at radius 1 is 1.37 bits per heavy atom. The first-order chi connectivity index (χ1) is 9.24. The van der Waals surface area contributed by atoms with Gasteiger partial charge in [0.15, 0.2) is 0 Å². The second-order valence-corrected chi connectivity index (χ2v) is 6.06. The quantitative estimate of drug-likeness (QED) is 0.781. The Morgan fingerprint density at radius 2 is 2.11 bits per heavy atom. The van der Waals surface area contributed by atoms with E-state index in [0.29, 0.717) is 16.7 Å². The molecule has 0 bridgehead atoms. The average molecular weight is 292 g/mol. The van der Waals surface area contributed by atoms with Crippen LogP contribution < -0.4 is 0 Å². The highest BCUT2D eigenvalue weighted by atomic mass is 35.5. The van der Waals surface area contributed by atoms with E-state index in [2.05, 4.69) is 28.8 Å². The van der Waals surface area contributed by atoms with E-state index in [4.69, 9.17) is 11.6 Å². The maximum Gasteiger partial charge on any atom is 0.209 e. The van der Waals surface area contributed by atoms with Gasteiger partial charge in [0, 0.05) is 16.7 Å². The monoisotopic (exact) mass is 291 g/mol. The number of para-hydroxylation sites is 1. The molecule has 1 aromatic carbocycles. The zero-order valence-corrected chi connectivity index (χ0v) is 12.0. The van der Waals surface area contributed by atoms with Gasteiger partial charge in [0.1, 0.15) is 5.82 Å². The summed E-state index contributed by atoms with van der Waals surface area (Å²) in [5, 5.41) is 5.97. The smallest absolute Gasteiger partial charge is 0.209 e. The number of hydrogen-bond donors (Lipinski definition) is 0. The molecule has 0 amide bonds. The molecule has 0 radical (unpaired) electrons. The minimum atomic E-state index is 0.557. The third-order valence-corrected chi connectivity index (χ3v) is 4.13. The van der Waals surface area contributed by atoms with Crippen LogP contribution in [0.5, 0.6) is 0 Å². The van der Waals surface area contributed by atoms with Crippen LogP contribution in [0.4, 0.5) is 0 Å². The van der Waals surface area contributed by atoms with Crippen LogP contribution in [0.2, 0.25) is 0 Å². The van der Waals surface area contributed by atoms with E-state index >= 15 is 0 Å². The zero-order chi connectivity index (χ0) is 13.2. The Morgan fingerprint density at radius 3 is 2.74 bits per heavy atom. The third-order valence-electron chi connectivity index (χ3n) is 2.91. The van der Waals surface area contributed by atoms with Gasteiger partial charge in [-0.15, -0.1) is 5.10 Å². The van der Waals surface area contributed by atoms with Crippen LogP contribution in [0.25, 0.3) is 5.69 Å². The summed E-state index contributed by atoms with van der Waals surface area (Å²) >= 11 is 7.32. The van der Waals surface area contributed by atoms with Gasteiger partial charge in [-0.05, 0) is 25.0 Å². The largest absolute Gasteiger partial charge is 0.216 e. The van der Waals surface area contributed by atoms with E-state index < -0.39 is 0 Å². The predicted molar refractivity (Wildman–Crippen MR) is 79.1 cm³/mol. The molecule has 1 aliphatic rings. The minimum absolute atomic E-state index is 0.557. The molecule has 0 spiro atoms. The van der Waals surface area contributed by atoms with Gasteiger partial charge >= 0.3 is 0 Å². The molecule has 3 nitrogen and oxygen atoms in total. The Labute approximate surface area is 121 Å². The fraction of sp³-hybridized carbons (Fsp3) is 0.286. The van der Waals surface area contributed by atoms with Gasteiger partial charge in [0.2, 0.25) is 5.16 Å². The van der Waals surface area contributed by atoms with E-state index in [1.165, 1.54) is 24.6 Å². The first-order valence-corrected chi connectivity index (χ1v) is 7.59. The van der Waals surface area contributed by atoms with Crippen molar-refractivity contribution in [1.82, 2.24) is 14.8 Å². The van der Waals surface area contributed by atoms with E-state index in [1.807, 2.05) is 22.9 Å². The number of benzene rings is 1. The Bertz CT molecular complexity index is 590. The predicted octanol–water partition coefficient (Wildman–Crippen LogP) is 3.99. The van der Waals surface area contributed by atoms with Crippen molar-refractivity contribution in [2.45, 2.75) is 23.9 Å². The molecule has 0 unspecified atom stereocenters. The van der Waals surface area contributed by atoms with Gasteiger partial charge in [-0.3, -0.25) is 0 Å². The van der Waals surface area contributed by atoms with Crippen molar-refractivity contribution in [2.24, 2.45) is 0 Å². The molecule has 19 heavy (non-hydrogen) atoms. The molecular weight excluding hydrogens is 278 g/mol. The van der Waals surface area contributed by atoms with Gasteiger partial charge in [-0.2, -0.15) is 0 Å². The zero-order valence-electron chi connectivity index (χ0n) is 10.4. The normalized spacial score (nSPS) is 14.6. The summed E-state index contributed by atoms with van der Waals surface area (Å²) in [6.45, 7) is 3.69. The number of halogens is 1. The molecule has 0 N–H and O–H groups in total.